The summed E-state index contributed by atoms with van der Waals surface area (Å²) in [5.74, 6) is 0.606. The molecule has 2 unspecified atom stereocenters. The van der Waals surface area contributed by atoms with Gasteiger partial charge in [0, 0.05) is 11.5 Å². The van der Waals surface area contributed by atoms with Crippen molar-refractivity contribution in [2.45, 2.75) is 25.2 Å². The Morgan fingerprint density at radius 3 is 2.32 bits per heavy atom. The van der Waals surface area contributed by atoms with E-state index in [-0.39, 0.29) is 18.9 Å². The molecular weight excluding hydrogens is 390 g/mol. The van der Waals surface area contributed by atoms with Gasteiger partial charge in [0.05, 0.1) is 0 Å². The third kappa shape index (κ3) is 4.77. The van der Waals surface area contributed by atoms with Gasteiger partial charge in [-0.25, -0.2) is 4.79 Å². The quantitative estimate of drug-likeness (QED) is 0.312. The van der Waals surface area contributed by atoms with E-state index in [0.717, 1.165) is 12.2 Å². The van der Waals surface area contributed by atoms with E-state index < -0.39 is 5.97 Å². The van der Waals surface area contributed by atoms with Gasteiger partial charge in [-0.2, -0.15) is 0 Å². The van der Waals surface area contributed by atoms with E-state index >= 15 is 0 Å². The first kappa shape index (κ1) is 20.7. The zero-order valence-electron chi connectivity index (χ0n) is 17.4. The third-order valence-corrected chi connectivity index (χ3v) is 5.62. The van der Waals surface area contributed by atoms with Crippen LogP contribution in [-0.4, -0.2) is 30.0 Å². The molecule has 2 atom stereocenters. The highest BCUT2D eigenvalue weighted by Crippen LogP contribution is 2.44. The van der Waals surface area contributed by atoms with Crippen LogP contribution in [0.25, 0.3) is 0 Å². The van der Waals surface area contributed by atoms with Crippen LogP contribution in [0.1, 0.15) is 47.4 Å². The Kier molecular flexibility index (Phi) is 6.32. The number of hydrogen-bond acceptors (Lipinski definition) is 4. The Labute approximate surface area is 181 Å². The number of oxime groups is 1. The van der Waals surface area contributed by atoms with Crippen LogP contribution < -0.4 is 4.74 Å². The molecule has 1 aliphatic rings. The van der Waals surface area contributed by atoms with Gasteiger partial charge in [0.15, 0.2) is 12.3 Å². The van der Waals surface area contributed by atoms with E-state index in [1.165, 1.54) is 16.7 Å². The van der Waals surface area contributed by atoms with Gasteiger partial charge in [0.1, 0.15) is 12.4 Å². The predicted octanol–water partition coefficient (Wildman–Crippen LogP) is 5.21. The van der Waals surface area contributed by atoms with Crippen molar-refractivity contribution >= 4 is 11.7 Å². The van der Waals surface area contributed by atoms with Crippen LogP contribution in [0.4, 0.5) is 0 Å². The molecule has 4 rings (SSSR count). The molecular formula is C26H25NO4. The maximum absolute atomic E-state index is 11.4. The lowest BCUT2D eigenvalue weighted by Gasteiger charge is -2.13. The largest absolute Gasteiger partial charge is 0.490 e. The zero-order chi connectivity index (χ0) is 21.6. The van der Waals surface area contributed by atoms with Gasteiger partial charge in [-0.15, -0.1) is 0 Å². The van der Waals surface area contributed by atoms with Crippen molar-refractivity contribution < 1.29 is 19.5 Å². The Balaban J connectivity index is 1.31. The summed E-state index contributed by atoms with van der Waals surface area (Å²) in [5.41, 5.74) is 4.52. The van der Waals surface area contributed by atoms with Gasteiger partial charge in [-0.3, -0.25) is 0 Å². The van der Waals surface area contributed by atoms with Gasteiger partial charge in [-0.05, 0) is 41.2 Å². The Hall–Kier alpha value is -3.60. The van der Waals surface area contributed by atoms with Gasteiger partial charge in [0.2, 0.25) is 0 Å². The molecule has 1 aliphatic carbocycles. The Bertz CT molecular complexity index is 1060. The first-order valence-corrected chi connectivity index (χ1v) is 10.4. The van der Waals surface area contributed by atoms with E-state index in [1.54, 1.807) is 24.3 Å². The van der Waals surface area contributed by atoms with Crippen LogP contribution in [0.2, 0.25) is 0 Å². The molecule has 31 heavy (non-hydrogen) atoms. The maximum Gasteiger partial charge on any atom is 0.358 e. The molecule has 0 heterocycles. The Morgan fingerprint density at radius 1 is 0.935 bits per heavy atom. The molecule has 0 amide bonds. The molecule has 0 saturated heterocycles. The van der Waals surface area contributed by atoms with Gasteiger partial charge in [-0.1, -0.05) is 78.8 Å². The van der Waals surface area contributed by atoms with Crippen molar-refractivity contribution in [2.24, 2.45) is 5.16 Å². The van der Waals surface area contributed by atoms with Crippen LogP contribution in [0.3, 0.4) is 0 Å². The number of fused-ring (bicyclic) bond motifs is 1. The number of benzene rings is 3. The average molecular weight is 415 g/mol. The first-order valence-electron chi connectivity index (χ1n) is 10.4. The normalized spacial score (nSPS) is 17.8. The number of nitrogens with zero attached hydrogens (tertiary/aromatic N) is 1. The monoisotopic (exact) mass is 415 g/mol. The second-order valence-corrected chi connectivity index (χ2v) is 7.68. The van der Waals surface area contributed by atoms with E-state index in [9.17, 15) is 9.90 Å². The zero-order valence-corrected chi connectivity index (χ0v) is 17.4. The van der Waals surface area contributed by atoms with E-state index in [2.05, 4.69) is 48.5 Å². The molecule has 158 valence electrons. The minimum absolute atomic E-state index is 0.129. The van der Waals surface area contributed by atoms with Crippen LogP contribution in [0.5, 0.6) is 5.75 Å². The lowest BCUT2D eigenvalue weighted by atomic mass is 9.93. The molecule has 0 radical (unpaired) electrons. The van der Waals surface area contributed by atoms with Crippen molar-refractivity contribution in [1.29, 1.82) is 0 Å². The highest BCUT2D eigenvalue weighted by molar-refractivity contribution is 6.42. The maximum atomic E-state index is 11.4. The van der Waals surface area contributed by atoms with E-state index in [0.29, 0.717) is 17.4 Å². The molecule has 1 N–H and O–H groups in total. The summed E-state index contributed by atoms with van der Waals surface area (Å²) in [6.07, 6.45) is 1.12. The lowest BCUT2D eigenvalue weighted by Crippen LogP contribution is -2.16. The minimum atomic E-state index is -1.13. The fourth-order valence-electron chi connectivity index (χ4n) is 4.11. The molecule has 0 aliphatic heterocycles. The van der Waals surface area contributed by atoms with E-state index in [4.69, 9.17) is 9.57 Å². The number of rotatable bonds is 8. The van der Waals surface area contributed by atoms with Crippen molar-refractivity contribution in [2.75, 3.05) is 13.2 Å². The van der Waals surface area contributed by atoms with Crippen molar-refractivity contribution in [3.8, 4) is 5.75 Å². The molecule has 0 saturated carbocycles. The fourth-order valence-corrected chi connectivity index (χ4v) is 4.11. The topological polar surface area (TPSA) is 68.1 Å². The van der Waals surface area contributed by atoms with E-state index in [1.807, 2.05) is 18.2 Å². The van der Waals surface area contributed by atoms with Crippen molar-refractivity contribution in [3.63, 3.8) is 0 Å². The smallest absolute Gasteiger partial charge is 0.358 e. The highest BCUT2D eigenvalue weighted by Gasteiger charge is 2.28. The summed E-state index contributed by atoms with van der Waals surface area (Å²) in [6.45, 7) is 2.71. The number of carbonyl (C=O) groups is 1. The SMILES string of the molecule is CC1CC(c2ccc(OCCON=C(C(=O)O)c3ccccc3)cc2)c2ccccc21. The number of carboxylic acid groups (broad SMARTS) is 1. The Morgan fingerprint density at radius 2 is 1.61 bits per heavy atom. The summed E-state index contributed by atoms with van der Waals surface area (Å²) in [4.78, 5) is 16.6. The average Bonchev–Trinajstić information content (AvgIpc) is 3.14. The predicted molar refractivity (Wildman–Crippen MR) is 120 cm³/mol. The fraction of sp³-hybridized carbons (Fsp3) is 0.231. The van der Waals surface area contributed by atoms with Crippen LogP contribution >= 0.6 is 0 Å². The van der Waals surface area contributed by atoms with Crippen molar-refractivity contribution in [3.05, 3.63) is 101 Å². The summed E-state index contributed by atoms with van der Waals surface area (Å²) in [7, 11) is 0. The lowest BCUT2D eigenvalue weighted by molar-refractivity contribution is -0.129. The van der Waals surface area contributed by atoms with Gasteiger partial charge < -0.3 is 14.7 Å². The number of carboxylic acids is 1. The van der Waals surface area contributed by atoms with Crippen LogP contribution in [-0.2, 0) is 9.63 Å². The first-order chi connectivity index (χ1) is 15.1. The number of aliphatic carboxylic acids is 1. The summed E-state index contributed by atoms with van der Waals surface area (Å²) < 4.78 is 5.72. The number of ether oxygens (including phenoxy) is 1. The van der Waals surface area contributed by atoms with Crippen molar-refractivity contribution in [1.82, 2.24) is 0 Å². The third-order valence-electron chi connectivity index (χ3n) is 5.62. The number of hydrogen-bond donors (Lipinski definition) is 1. The van der Waals surface area contributed by atoms with Crippen LogP contribution in [0, 0.1) is 0 Å². The molecule has 0 bridgehead atoms. The molecule has 3 aromatic rings. The standard InChI is InChI=1S/C26H25NO4/c1-18-17-24(23-10-6-5-9-22(18)23)19-11-13-21(14-12-19)30-15-16-31-27-25(26(28)29)20-7-3-2-4-8-20/h2-14,18,24H,15-17H2,1H3,(H,28,29). The van der Waals surface area contributed by atoms with Crippen LogP contribution in [0.15, 0.2) is 84.0 Å². The molecule has 0 aromatic heterocycles. The summed E-state index contributed by atoms with van der Waals surface area (Å²) in [5, 5.41) is 13.1. The summed E-state index contributed by atoms with van der Waals surface area (Å²) >= 11 is 0. The molecule has 0 spiro atoms. The molecule has 3 aromatic carbocycles. The highest BCUT2D eigenvalue weighted by atomic mass is 16.6. The molecule has 5 nitrogen and oxygen atoms in total. The van der Waals surface area contributed by atoms with Gasteiger partial charge in [0.25, 0.3) is 0 Å². The molecule has 0 fully saturated rings. The second kappa shape index (κ2) is 9.47. The molecule has 5 heteroatoms. The minimum Gasteiger partial charge on any atom is -0.490 e. The summed E-state index contributed by atoms with van der Waals surface area (Å²) in [6, 6.07) is 25.5. The second-order valence-electron chi connectivity index (χ2n) is 7.68. The van der Waals surface area contributed by atoms with Gasteiger partial charge >= 0.3 is 5.97 Å².